The Balaban J connectivity index is 2.17. The van der Waals surface area contributed by atoms with E-state index in [1.807, 2.05) is 0 Å². The molecule has 0 unspecified atom stereocenters. The largest absolute Gasteiger partial charge is 0.193 e. The van der Waals surface area contributed by atoms with E-state index in [2.05, 4.69) is 30.3 Å². The van der Waals surface area contributed by atoms with Gasteiger partial charge in [-0.15, -0.1) is 0 Å². The molecule has 0 radical (unpaired) electrons. The Kier molecular flexibility index (Phi) is 1.73. The minimum absolute atomic E-state index is 0.489. The summed E-state index contributed by atoms with van der Waals surface area (Å²) in [6, 6.07) is 10.8. The number of benzene rings is 1. The van der Waals surface area contributed by atoms with E-state index in [-0.39, 0.29) is 0 Å². The van der Waals surface area contributed by atoms with Gasteiger partial charge in [0.25, 0.3) is 0 Å². The zero-order chi connectivity index (χ0) is 10.3. The Morgan fingerprint density at radius 2 is 2.00 bits per heavy atom. The van der Waals surface area contributed by atoms with Crippen LogP contribution in [-0.2, 0) is 5.41 Å². The third-order valence-corrected chi connectivity index (χ3v) is 3.81. The normalized spacial score (nSPS) is 23.5. The van der Waals surface area contributed by atoms with Crippen molar-refractivity contribution in [1.29, 1.82) is 5.26 Å². The highest BCUT2D eigenvalue weighted by molar-refractivity contribution is 5.74. The number of fused-ring (bicyclic) bond motifs is 2. The van der Waals surface area contributed by atoms with Crippen LogP contribution in [0.2, 0.25) is 0 Å². The van der Waals surface area contributed by atoms with Gasteiger partial charge in [0.1, 0.15) is 0 Å². The molecule has 0 heterocycles. The lowest BCUT2D eigenvalue weighted by atomic mass is 9.77. The summed E-state index contributed by atoms with van der Waals surface area (Å²) in [4.78, 5) is 0. The first-order valence-electron chi connectivity index (χ1n) is 5.54. The molecule has 0 N–H and O–H groups in total. The fourth-order valence-electron chi connectivity index (χ4n) is 2.77. The molecule has 1 fully saturated rings. The van der Waals surface area contributed by atoms with Gasteiger partial charge in [-0.3, -0.25) is 0 Å². The van der Waals surface area contributed by atoms with Gasteiger partial charge in [-0.2, -0.15) is 5.26 Å². The fraction of sp³-hybridized carbons (Fsp3) is 0.357. The molecular formula is C14H13N. The van der Waals surface area contributed by atoms with Gasteiger partial charge in [0.15, 0.2) is 0 Å². The summed E-state index contributed by atoms with van der Waals surface area (Å²) in [7, 11) is 0. The molecule has 1 spiro atoms. The van der Waals surface area contributed by atoms with E-state index in [0.29, 0.717) is 5.41 Å². The summed E-state index contributed by atoms with van der Waals surface area (Å²) >= 11 is 0. The van der Waals surface area contributed by atoms with Gasteiger partial charge in [-0.25, -0.2) is 0 Å². The highest BCUT2D eigenvalue weighted by Crippen LogP contribution is 2.57. The van der Waals surface area contributed by atoms with Crippen molar-refractivity contribution in [2.24, 2.45) is 0 Å². The average Bonchev–Trinajstić information content (AvgIpc) is 3.05. The molecule has 1 nitrogen and oxygen atoms in total. The second kappa shape index (κ2) is 2.97. The van der Waals surface area contributed by atoms with E-state index in [0.717, 1.165) is 6.42 Å². The van der Waals surface area contributed by atoms with Gasteiger partial charge in [-0.05, 0) is 47.8 Å². The Morgan fingerprint density at radius 1 is 1.20 bits per heavy atom. The summed E-state index contributed by atoms with van der Waals surface area (Å²) in [5.41, 5.74) is 4.52. The fourth-order valence-corrected chi connectivity index (χ4v) is 2.77. The van der Waals surface area contributed by atoms with Crippen LogP contribution in [0.25, 0.3) is 5.57 Å². The summed E-state index contributed by atoms with van der Waals surface area (Å²) in [5, 5.41) is 8.76. The Morgan fingerprint density at radius 3 is 2.73 bits per heavy atom. The van der Waals surface area contributed by atoms with Crippen LogP contribution in [0.4, 0.5) is 0 Å². The van der Waals surface area contributed by atoms with Crippen LogP contribution < -0.4 is 0 Å². The molecule has 0 amide bonds. The van der Waals surface area contributed by atoms with Gasteiger partial charge in [0.05, 0.1) is 6.07 Å². The standard InChI is InChI=1S/C14H13N/c15-10-6-11-5-7-14(8-9-14)13-4-2-1-3-12(11)13/h1-4,6H,5,7-9H2. The van der Waals surface area contributed by atoms with Crippen LogP contribution in [0.3, 0.4) is 0 Å². The number of nitriles is 1. The molecule has 2 aliphatic carbocycles. The average molecular weight is 195 g/mol. The molecule has 0 saturated heterocycles. The van der Waals surface area contributed by atoms with Crippen molar-refractivity contribution >= 4 is 5.57 Å². The van der Waals surface area contributed by atoms with E-state index in [1.165, 1.54) is 36.0 Å². The molecule has 1 aromatic carbocycles. The van der Waals surface area contributed by atoms with Crippen molar-refractivity contribution in [3.8, 4) is 6.07 Å². The number of hydrogen-bond donors (Lipinski definition) is 0. The monoisotopic (exact) mass is 195 g/mol. The first-order chi connectivity index (χ1) is 7.36. The second-order valence-corrected chi connectivity index (χ2v) is 4.62. The first kappa shape index (κ1) is 8.73. The molecule has 74 valence electrons. The summed E-state index contributed by atoms with van der Waals surface area (Å²) in [6.07, 6.45) is 6.70. The maximum absolute atomic E-state index is 8.76. The van der Waals surface area contributed by atoms with Gasteiger partial charge < -0.3 is 0 Å². The minimum atomic E-state index is 0.489. The van der Waals surface area contributed by atoms with E-state index in [4.69, 9.17) is 5.26 Å². The van der Waals surface area contributed by atoms with E-state index in [1.54, 1.807) is 6.08 Å². The molecule has 0 aliphatic heterocycles. The van der Waals surface area contributed by atoms with Gasteiger partial charge in [0, 0.05) is 6.08 Å². The van der Waals surface area contributed by atoms with Crippen LogP contribution in [0.1, 0.15) is 36.8 Å². The van der Waals surface area contributed by atoms with Crippen molar-refractivity contribution in [3.63, 3.8) is 0 Å². The molecule has 15 heavy (non-hydrogen) atoms. The molecule has 2 aliphatic rings. The Hall–Kier alpha value is -1.55. The summed E-state index contributed by atoms with van der Waals surface area (Å²) in [6.45, 7) is 0. The molecular weight excluding hydrogens is 182 g/mol. The number of allylic oxidation sites excluding steroid dienone is 2. The van der Waals surface area contributed by atoms with E-state index < -0.39 is 0 Å². The zero-order valence-electron chi connectivity index (χ0n) is 8.66. The lowest BCUT2D eigenvalue weighted by molar-refractivity contribution is 0.613. The van der Waals surface area contributed by atoms with Gasteiger partial charge in [-0.1, -0.05) is 24.3 Å². The quantitative estimate of drug-likeness (QED) is 0.582. The van der Waals surface area contributed by atoms with E-state index in [9.17, 15) is 0 Å². The van der Waals surface area contributed by atoms with E-state index >= 15 is 0 Å². The molecule has 1 heteroatoms. The number of hydrogen-bond acceptors (Lipinski definition) is 1. The molecule has 3 rings (SSSR count). The Bertz CT molecular complexity index is 472. The molecule has 1 saturated carbocycles. The summed E-state index contributed by atoms with van der Waals surface area (Å²) in [5.74, 6) is 0. The predicted octanol–water partition coefficient (Wildman–Crippen LogP) is 3.42. The zero-order valence-corrected chi connectivity index (χ0v) is 8.66. The molecule has 0 bridgehead atoms. The van der Waals surface area contributed by atoms with Crippen molar-refractivity contribution in [1.82, 2.24) is 0 Å². The number of nitrogens with zero attached hydrogens (tertiary/aromatic N) is 1. The van der Waals surface area contributed by atoms with Crippen LogP contribution in [0.5, 0.6) is 0 Å². The molecule has 0 aromatic heterocycles. The van der Waals surface area contributed by atoms with Crippen molar-refractivity contribution in [3.05, 3.63) is 41.5 Å². The van der Waals surface area contributed by atoms with Crippen molar-refractivity contribution in [2.45, 2.75) is 31.1 Å². The van der Waals surface area contributed by atoms with Crippen LogP contribution in [-0.4, -0.2) is 0 Å². The van der Waals surface area contributed by atoms with Crippen LogP contribution >= 0.6 is 0 Å². The minimum Gasteiger partial charge on any atom is -0.193 e. The smallest absolute Gasteiger partial charge is 0.0915 e. The van der Waals surface area contributed by atoms with Crippen molar-refractivity contribution in [2.75, 3.05) is 0 Å². The summed E-state index contributed by atoms with van der Waals surface area (Å²) < 4.78 is 0. The molecule has 0 atom stereocenters. The van der Waals surface area contributed by atoms with Gasteiger partial charge in [0.2, 0.25) is 0 Å². The predicted molar refractivity (Wildman–Crippen MR) is 60.2 cm³/mol. The maximum Gasteiger partial charge on any atom is 0.0915 e. The lowest BCUT2D eigenvalue weighted by Gasteiger charge is -2.26. The maximum atomic E-state index is 8.76. The topological polar surface area (TPSA) is 23.8 Å². The second-order valence-electron chi connectivity index (χ2n) is 4.62. The van der Waals surface area contributed by atoms with Crippen LogP contribution in [0, 0.1) is 11.3 Å². The number of rotatable bonds is 0. The van der Waals surface area contributed by atoms with Crippen molar-refractivity contribution < 1.29 is 0 Å². The highest BCUT2D eigenvalue weighted by atomic mass is 14.5. The molecule has 1 aromatic rings. The first-order valence-corrected chi connectivity index (χ1v) is 5.54. The SMILES string of the molecule is N#CC=C1CCC2(CC2)c2ccccc21. The Labute approximate surface area is 90.0 Å². The van der Waals surface area contributed by atoms with Crippen LogP contribution in [0.15, 0.2) is 30.3 Å². The highest BCUT2D eigenvalue weighted by Gasteiger charge is 2.47. The lowest BCUT2D eigenvalue weighted by Crippen LogP contribution is -2.14. The third-order valence-electron chi connectivity index (χ3n) is 3.81. The third kappa shape index (κ3) is 1.22. The van der Waals surface area contributed by atoms with Gasteiger partial charge >= 0.3 is 0 Å².